The quantitative estimate of drug-likeness (QED) is 0.296. The number of fused-ring (bicyclic) bond motifs is 1. The lowest BCUT2D eigenvalue weighted by atomic mass is 10.0. The van der Waals surface area contributed by atoms with Gasteiger partial charge in [0, 0.05) is 42.6 Å². The number of benzene rings is 3. The standard InChI is InChI=1S/C34H41N3O4/c38-34(36-41-33-10-3-4-21-39-33)28-13-11-25(12-14-28)22-26(23-35-29-17-19-37(20-18-29)30-15-16-30)24-40-32-9-5-7-27-6-1-2-8-31(27)32/h1-2,5-9,11-14,22,29-30,33,35H,3-4,10,15-21,23-24H2,(H,36,38)/b26-22+. The van der Waals surface area contributed by atoms with E-state index in [4.69, 9.17) is 14.3 Å². The molecule has 3 aromatic carbocycles. The van der Waals surface area contributed by atoms with Crippen LogP contribution in [0.2, 0.25) is 0 Å². The highest BCUT2D eigenvalue weighted by Gasteiger charge is 2.31. The van der Waals surface area contributed by atoms with Crippen LogP contribution in [0.5, 0.6) is 5.75 Å². The first-order valence-electron chi connectivity index (χ1n) is 15.2. The Labute approximate surface area is 242 Å². The predicted octanol–water partition coefficient (Wildman–Crippen LogP) is 5.71. The zero-order chi connectivity index (χ0) is 27.9. The van der Waals surface area contributed by atoms with Gasteiger partial charge < -0.3 is 19.7 Å². The Bertz CT molecular complexity index is 1320. The average Bonchev–Trinajstić information content (AvgIpc) is 3.88. The molecule has 1 saturated carbocycles. The third-order valence-electron chi connectivity index (χ3n) is 8.34. The third-order valence-corrected chi connectivity index (χ3v) is 8.34. The van der Waals surface area contributed by atoms with Crippen molar-refractivity contribution in [3.05, 3.63) is 83.4 Å². The maximum atomic E-state index is 12.6. The van der Waals surface area contributed by atoms with Crippen molar-refractivity contribution in [2.75, 3.05) is 32.8 Å². The van der Waals surface area contributed by atoms with Gasteiger partial charge in [0.15, 0.2) is 6.29 Å². The Hall–Kier alpha value is -3.23. The van der Waals surface area contributed by atoms with Crippen molar-refractivity contribution in [2.24, 2.45) is 0 Å². The van der Waals surface area contributed by atoms with Crippen LogP contribution in [-0.4, -0.2) is 62.0 Å². The van der Waals surface area contributed by atoms with Crippen LogP contribution in [0.15, 0.2) is 72.3 Å². The Morgan fingerprint density at radius 2 is 1.73 bits per heavy atom. The zero-order valence-corrected chi connectivity index (χ0v) is 23.7. The van der Waals surface area contributed by atoms with Crippen LogP contribution in [0.25, 0.3) is 16.8 Å². The topological polar surface area (TPSA) is 72.1 Å². The fraction of sp³-hybridized carbons (Fsp3) is 0.441. The average molecular weight is 556 g/mol. The zero-order valence-electron chi connectivity index (χ0n) is 23.7. The molecule has 2 N–H and O–H groups in total. The van der Waals surface area contributed by atoms with Gasteiger partial charge >= 0.3 is 0 Å². The van der Waals surface area contributed by atoms with Gasteiger partial charge in [-0.1, -0.05) is 54.6 Å². The maximum absolute atomic E-state index is 12.6. The molecule has 3 aromatic rings. The van der Waals surface area contributed by atoms with Gasteiger partial charge in [0.25, 0.3) is 5.91 Å². The number of hydroxylamine groups is 1. The molecule has 3 aliphatic rings. The first kappa shape index (κ1) is 27.9. The summed E-state index contributed by atoms with van der Waals surface area (Å²) in [4.78, 5) is 20.7. The lowest BCUT2D eigenvalue weighted by molar-refractivity contribution is -0.186. The molecule has 0 spiro atoms. The minimum Gasteiger partial charge on any atom is -0.489 e. The van der Waals surface area contributed by atoms with Crippen LogP contribution in [0.4, 0.5) is 0 Å². The highest BCUT2D eigenvalue weighted by Crippen LogP contribution is 2.29. The Kier molecular flexibility index (Phi) is 9.27. The van der Waals surface area contributed by atoms with E-state index in [0.29, 0.717) is 24.8 Å². The van der Waals surface area contributed by atoms with Crippen molar-refractivity contribution >= 4 is 22.8 Å². The summed E-state index contributed by atoms with van der Waals surface area (Å²) >= 11 is 0. The molecule has 1 aliphatic carbocycles. The Morgan fingerprint density at radius 1 is 0.927 bits per heavy atom. The molecule has 2 heterocycles. The second-order valence-corrected chi connectivity index (χ2v) is 11.5. The monoisotopic (exact) mass is 555 g/mol. The van der Waals surface area contributed by atoms with E-state index in [1.165, 1.54) is 44.2 Å². The third kappa shape index (κ3) is 7.74. The molecule has 3 fully saturated rings. The maximum Gasteiger partial charge on any atom is 0.274 e. The molecule has 216 valence electrons. The number of hydrogen-bond donors (Lipinski definition) is 2. The molecule has 0 bridgehead atoms. The number of amides is 1. The number of carbonyl (C=O) groups is 1. The number of ether oxygens (including phenoxy) is 2. The molecule has 2 saturated heterocycles. The molecule has 6 rings (SSSR count). The normalized spacial score (nSPS) is 20.7. The molecule has 1 atom stereocenters. The first-order chi connectivity index (χ1) is 20.2. The summed E-state index contributed by atoms with van der Waals surface area (Å²) in [5, 5.41) is 6.09. The number of nitrogens with zero attached hydrogens (tertiary/aromatic N) is 1. The summed E-state index contributed by atoms with van der Waals surface area (Å²) < 4.78 is 11.9. The highest BCUT2D eigenvalue weighted by molar-refractivity contribution is 5.93. The van der Waals surface area contributed by atoms with Crippen LogP contribution in [0.1, 0.15) is 60.9 Å². The van der Waals surface area contributed by atoms with Gasteiger partial charge in [-0.25, -0.2) is 10.3 Å². The second-order valence-electron chi connectivity index (χ2n) is 11.5. The number of carbonyl (C=O) groups excluding carboxylic acids is 1. The summed E-state index contributed by atoms with van der Waals surface area (Å²) in [5.74, 6) is 0.620. The van der Waals surface area contributed by atoms with Crippen LogP contribution in [0, 0.1) is 0 Å². The van der Waals surface area contributed by atoms with Crippen molar-refractivity contribution in [2.45, 2.75) is 63.3 Å². The summed E-state index contributed by atoms with van der Waals surface area (Å²) in [6.45, 7) is 4.29. The molecule has 1 amide bonds. The SMILES string of the molecule is O=C(NOC1CCCCO1)c1ccc(/C=C(\CNC2CCN(C3CC3)CC2)COc2cccc3ccccc23)cc1. The van der Waals surface area contributed by atoms with Gasteiger partial charge in [-0.05, 0) is 86.3 Å². The van der Waals surface area contributed by atoms with Crippen molar-refractivity contribution < 1.29 is 19.1 Å². The van der Waals surface area contributed by atoms with Crippen LogP contribution < -0.4 is 15.5 Å². The van der Waals surface area contributed by atoms with Crippen molar-refractivity contribution in [1.82, 2.24) is 15.7 Å². The molecule has 2 aliphatic heterocycles. The summed E-state index contributed by atoms with van der Waals surface area (Å²) in [6.07, 6.45) is 9.80. The number of rotatable bonds is 11. The van der Waals surface area contributed by atoms with E-state index < -0.39 is 0 Å². The minimum atomic E-state index is -0.368. The van der Waals surface area contributed by atoms with E-state index in [0.717, 1.165) is 54.1 Å². The predicted molar refractivity (Wildman–Crippen MR) is 162 cm³/mol. The highest BCUT2D eigenvalue weighted by atomic mass is 16.8. The summed E-state index contributed by atoms with van der Waals surface area (Å²) in [7, 11) is 0. The van der Waals surface area contributed by atoms with Gasteiger partial charge in [-0.2, -0.15) is 0 Å². The lowest BCUT2D eigenvalue weighted by Gasteiger charge is -2.32. The molecule has 1 unspecified atom stereocenters. The number of nitrogens with one attached hydrogen (secondary N) is 2. The van der Waals surface area contributed by atoms with Gasteiger partial charge in [0.05, 0.1) is 0 Å². The van der Waals surface area contributed by atoms with Crippen LogP contribution in [0.3, 0.4) is 0 Å². The van der Waals surface area contributed by atoms with Crippen molar-refractivity contribution in [3.63, 3.8) is 0 Å². The molecule has 7 nitrogen and oxygen atoms in total. The summed E-state index contributed by atoms with van der Waals surface area (Å²) in [6, 6.07) is 23.5. The smallest absolute Gasteiger partial charge is 0.274 e. The number of hydrogen-bond acceptors (Lipinski definition) is 6. The lowest BCUT2D eigenvalue weighted by Crippen LogP contribution is -2.44. The molecular weight excluding hydrogens is 514 g/mol. The fourth-order valence-corrected chi connectivity index (χ4v) is 5.77. The van der Waals surface area contributed by atoms with E-state index in [1.54, 1.807) is 0 Å². The Morgan fingerprint density at radius 3 is 2.51 bits per heavy atom. The summed E-state index contributed by atoms with van der Waals surface area (Å²) in [5.41, 5.74) is 5.28. The largest absolute Gasteiger partial charge is 0.489 e. The van der Waals surface area contributed by atoms with E-state index in [9.17, 15) is 4.79 Å². The van der Waals surface area contributed by atoms with Gasteiger partial charge in [0.1, 0.15) is 12.4 Å². The Balaban J connectivity index is 1.10. The molecule has 41 heavy (non-hydrogen) atoms. The van der Waals surface area contributed by atoms with E-state index in [-0.39, 0.29) is 12.2 Å². The van der Waals surface area contributed by atoms with E-state index in [1.807, 2.05) is 42.5 Å². The minimum absolute atomic E-state index is 0.270. The molecular formula is C34H41N3O4. The first-order valence-corrected chi connectivity index (χ1v) is 15.2. The number of piperidine rings is 1. The van der Waals surface area contributed by atoms with Crippen molar-refractivity contribution in [1.29, 1.82) is 0 Å². The van der Waals surface area contributed by atoms with Gasteiger partial charge in [-0.15, -0.1) is 0 Å². The molecule has 0 radical (unpaired) electrons. The van der Waals surface area contributed by atoms with E-state index >= 15 is 0 Å². The second kappa shape index (κ2) is 13.6. The van der Waals surface area contributed by atoms with Crippen LogP contribution in [-0.2, 0) is 9.57 Å². The van der Waals surface area contributed by atoms with Gasteiger partial charge in [0.2, 0.25) is 0 Å². The molecule has 7 heteroatoms. The fourth-order valence-electron chi connectivity index (χ4n) is 5.77. The van der Waals surface area contributed by atoms with Crippen LogP contribution >= 0.6 is 0 Å². The van der Waals surface area contributed by atoms with Crippen molar-refractivity contribution in [3.8, 4) is 5.75 Å². The number of likely N-dealkylation sites (tertiary alicyclic amines) is 1. The van der Waals surface area contributed by atoms with E-state index in [2.05, 4.69) is 46.0 Å². The van der Waals surface area contributed by atoms with Gasteiger partial charge in [-0.3, -0.25) is 4.79 Å². The molecule has 0 aromatic heterocycles.